The maximum Gasteiger partial charge on any atom is 0.141 e. The monoisotopic (exact) mass is 314 g/mol. The van der Waals surface area contributed by atoms with Gasteiger partial charge in [-0.1, -0.05) is 51.8 Å². The third-order valence-electron chi connectivity index (χ3n) is 2.46. The Balaban J connectivity index is 2.40. The van der Waals surface area contributed by atoms with Crippen LogP contribution in [0.1, 0.15) is 17.2 Å². The lowest BCUT2D eigenvalue weighted by Gasteiger charge is -2.13. The number of benzene rings is 2. The number of halogens is 3. The molecule has 2 rings (SSSR count). The van der Waals surface area contributed by atoms with Crippen molar-refractivity contribution in [3.05, 3.63) is 68.9 Å². The summed E-state index contributed by atoms with van der Waals surface area (Å²) in [5, 5.41) is 10.2. The molecule has 0 radical (unpaired) electrons. The van der Waals surface area contributed by atoms with Gasteiger partial charge in [0.25, 0.3) is 0 Å². The van der Waals surface area contributed by atoms with E-state index in [1.165, 1.54) is 18.2 Å². The summed E-state index contributed by atoms with van der Waals surface area (Å²) in [4.78, 5) is 0. The SMILES string of the molecule is OC(c1ccc(F)c(Cl)c1)c1ccccc1Br. The van der Waals surface area contributed by atoms with Gasteiger partial charge in [0.1, 0.15) is 11.9 Å². The highest BCUT2D eigenvalue weighted by molar-refractivity contribution is 9.10. The lowest BCUT2D eigenvalue weighted by atomic mass is 10.0. The third kappa shape index (κ3) is 2.68. The van der Waals surface area contributed by atoms with E-state index in [1.807, 2.05) is 18.2 Å². The molecule has 1 N–H and O–H groups in total. The van der Waals surface area contributed by atoms with E-state index in [0.717, 1.165) is 10.0 Å². The van der Waals surface area contributed by atoms with Crippen LogP contribution in [0.2, 0.25) is 5.02 Å². The van der Waals surface area contributed by atoms with Crippen LogP contribution in [-0.4, -0.2) is 5.11 Å². The fourth-order valence-electron chi connectivity index (χ4n) is 1.56. The number of aliphatic hydroxyl groups is 1. The molecule has 4 heteroatoms. The van der Waals surface area contributed by atoms with E-state index in [-0.39, 0.29) is 5.02 Å². The van der Waals surface area contributed by atoms with Crippen LogP contribution in [0, 0.1) is 5.82 Å². The molecule has 1 nitrogen and oxygen atoms in total. The molecule has 0 spiro atoms. The minimum Gasteiger partial charge on any atom is -0.384 e. The highest BCUT2D eigenvalue weighted by Gasteiger charge is 2.14. The molecule has 0 fully saturated rings. The van der Waals surface area contributed by atoms with Gasteiger partial charge >= 0.3 is 0 Å². The van der Waals surface area contributed by atoms with Crippen molar-refractivity contribution in [1.29, 1.82) is 0 Å². The van der Waals surface area contributed by atoms with Gasteiger partial charge in [0.05, 0.1) is 5.02 Å². The maximum absolute atomic E-state index is 13.0. The Labute approximate surface area is 112 Å². The highest BCUT2D eigenvalue weighted by Crippen LogP contribution is 2.30. The van der Waals surface area contributed by atoms with E-state index in [4.69, 9.17) is 11.6 Å². The smallest absolute Gasteiger partial charge is 0.141 e. The van der Waals surface area contributed by atoms with Crippen molar-refractivity contribution in [2.45, 2.75) is 6.10 Å². The van der Waals surface area contributed by atoms with Gasteiger partial charge in [0.15, 0.2) is 0 Å². The Morgan fingerprint density at radius 1 is 1.18 bits per heavy atom. The van der Waals surface area contributed by atoms with Crippen LogP contribution in [0.5, 0.6) is 0 Å². The molecule has 2 aromatic rings. The Morgan fingerprint density at radius 2 is 1.88 bits per heavy atom. The summed E-state index contributed by atoms with van der Waals surface area (Å²) in [5.41, 5.74) is 1.28. The van der Waals surface area contributed by atoms with E-state index in [1.54, 1.807) is 6.07 Å². The third-order valence-corrected chi connectivity index (χ3v) is 3.47. The highest BCUT2D eigenvalue weighted by atomic mass is 79.9. The summed E-state index contributed by atoms with van der Waals surface area (Å²) in [6.07, 6.45) is -0.830. The predicted octanol–water partition coefficient (Wildman–Crippen LogP) is 4.32. The first kappa shape index (κ1) is 12.6. The van der Waals surface area contributed by atoms with Crippen LogP contribution in [0.4, 0.5) is 4.39 Å². The predicted molar refractivity (Wildman–Crippen MR) is 69.6 cm³/mol. The second-order valence-corrected chi connectivity index (χ2v) is 4.86. The fraction of sp³-hybridized carbons (Fsp3) is 0.0769. The van der Waals surface area contributed by atoms with Gasteiger partial charge in [-0.25, -0.2) is 4.39 Å². The van der Waals surface area contributed by atoms with Crippen LogP contribution in [-0.2, 0) is 0 Å². The Bertz CT molecular complexity index is 545. The number of hydrogen-bond donors (Lipinski definition) is 1. The molecular formula is C13H9BrClFO. The van der Waals surface area contributed by atoms with E-state index in [0.29, 0.717) is 5.56 Å². The second kappa shape index (κ2) is 5.17. The molecule has 0 saturated carbocycles. The Kier molecular flexibility index (Phi) is 3.82. The van der Waals surface area contributed by atoms with Gasteiger partial charge in [-0.05, 0) is 29.3 Å². The molecule has 0 bridgehead atoms. The zero-order valence-corrected chi connectivity index (χ0v) is 11.0. The van der Waals surface area contributed by atoms with Crippen LogP contribution in [0.15, 0.2) is 46.9 Å². The van der Waals surface area contributed by atoms with Gasteiger partial charge in [-0.2, -0.15) is 0 Å². The average Bonchev–Trinajstić information content (AvgIpc) is 2.32. The van der Waals surface area contributed by atoms with E-state index in [9.17, 15) is 9.50 Å². The van der Waals surface area contributed by atoms with Crippen molar-refractivity contribution in [2.75, 3.05) is 0 Å². The molecule has 0 aliphatic rings. The average molecular weight is 316 g/mol. The lowest BCUT2D eigenvalue weighted by Crippen LogP contribution is -2.00. The molecule has 0 saturated heterocycles. The van der Waals surface area contributed by atoms with Crippen molar-refractivity contribution in [3.8, 4) is 0 Å². The standard InChI is InChI=1S/C13H9BrClFO/c14-10-4-2-1-3-9(10)13(17)8-5-6-12(16)11(15)7-8/h1-7,13,17H. The lowest BCUT2D eigenvalue weighted by molar-refractivity contribution is 0.219. The molecule has 88 valence electrons. The van der Waals surface area contributed by atoms with Crippen molar-refractivity contribution < 1.29 is 9.50 Å². The summed E-state index contributed by atoms with van der Waals surface area (Å²) in [7, 11) is 0. The first-order chi connectivity index (χ1) is 8.09. The quantitative estimate of drug-likeness (QED) is 0.875. The number of rotatable bonds is 2. The number of hydrogen-bond acceptors (Lipinski definition) is 1. The van der Waals surface area contributed by atoms with E-state index in [2.05, 4.69) is 15.9 Å². The van der Waals surface area contributed by atoms with Crippen LogP contribution >= 0.6 is 27.5 Å². The van der Waals surface area contributed by atoms with Crippen LogP contribution < -0.4 is 0 Å². The minimum atomic E-state index is -0.830. The van der Waals surface area contributed by atoms with Gasteiger partial charge in [-0.3, -0.25) is 0 Å². The summed E-state index contributed by atoms with van der Waals surface area (Å²) >= 11 is 9.05. The molecule has 1 unspecified atom stereocenters. The Hall–Kier alpha value is -0.900. The summed E-state index contributed by atoms with van der Waals surface area (Å²) < 4.78 is 13.8. The van der Waals surface area contributed by atoms with E-state index < -0.39 is 11.9 Å². The Morgan fingerprint density at radius 3 is 2.53 bits per heavy atom. The molecule has 0 aromatic heterocycles. The first-order valence-electron chi connectivity index (χ1n) is 4.97. The van der Waals surface area contributed by atoms with Gasteiger partial charge in [0.2, 0.25) is 0 Å². The topological polar surface area (TPSA) is 20.2 Å². The molecule has 0 heterocycles. The van der Waals surface area contributed by atoms with E-state index >= 15 is 0 Å². The molecule has 17 heavy (non-hydrogen) atoms. The minimum absolute atomic E-state index is 0.00797. The first-order valence-corrected chi connectivity index (χ1v) is 6.14. The second-order valence-electron chi connectivity index (χ2n) is 3.60. The largest absolute Gasteiger partial charge is 0.384 e. The molecule has 2 aromatic carbocycles. The molecule has 0 amide bonds. The van der Waals surface area contributed by atoms with Crippen LogP contribution in [0.25, 0.3) is 0 Å². The van der Waals surface area contributed by atoms with Gasteiger partial charge in [0, 0.05) is 4.47 Å². The number of aliphatic hydroxyl groups excluding tert-OH is 1. The fourth-order valence-corrected chi connectivity index (χ4v) is 2.25. The van der Waals surface area contributed by atoms with Crippen molar-refractivity contribution in [3.63, 3.8) is 0 Å². The van der Waals surface area contributed by atoms with Crippen molar-refractivity contribution in [1.82, 2.24) is 0 Å². The maximum atomic E-state index is 13.0. The summed E-state index contributed by atoms with van der Waals surface area (Å²) in [6, 6.07) is 11.5. The summed E-state index contributed by atoms with van der Waals surface area (Å²) in [5.74, 6) is -0.491. The molecule has 1 atom stereocenters. The summed E-state index contributed by atoms with van der Waals surface area (Å²) in [6.45, 7) is 0. The molecule has 0 aliphatic carbocycles. The van der Waals surface area contributed by atoms with Crippen LogP contribution in [0.3, 0.4) is 0 Å². The van der Waals surface area contributed by atoms with Gasteiger partial charge < -0.3 is 5.11 Å². The normalized spacial score (nSPS) is 12.5. The molecule has 0 aliphatic heterocycles. The van der Waals surface area contributed by atoms with Gasteiger partial charge in [-0.15, -0.1) is 0 Å². The molecular weight excluding hydrogens is 306 g/mol. The van der Waals surface area contributed by atoms with Crippen molar-refractivity contribution in [2.24, 2.45) is 0 Å². The zero-order valence-electron chi connectivity index (χ0n) is 8.70. The van der Waals surface area contributed by atoms with Crippen molar-refractivity contribution >= 4 is 27.5 Å². The zero-order chi connectivity index (χ0) is 12.4.